The molecule has 21 heavy (non-hydrogen) atoms. The van der Waals surface area contributed by atoms with E-state index < -0.39 is 6.10 Å². The topological polar surface area (TPSA) is 80.0 Å². The van der Waals surface area contributed by atoms with Crippen molar-refractivity contribution in [2.45, 2.75) is 51.3 Å². The van der Waals surface area contributed by atoms with Gasteiger partial charge in [0.15, 0.2) is 0 Å². The smallest absolute Gasteiger partial charge is 0.251 e. The molecule has 1 aliphatic carbocycles. The van der Waals surface area contributed by atoms with Gasteiger partial charge in [0, 0.05) is 12.1 Å². The Morgan fingerprint density at radius 1 is 1.43 bits per heavy atom. The third kappa shape index (κ3) is 2.76. The van der Waals surface area contributed by atoms with Gasteiger partial charge in [-0.25, -0.2) is 4.68 Å². The number of benzene rings is 1. The second kappa shape index (κ2) is 5.81. The van der Waals surface area contributed by atoms with Gasteiger partial charge in [0.25, 0.3) is 5.91 Å². The molecular formula is C15H20N4O2. The summed E-state index contributed by atoms with van der Waals surface area (Å²) < 4.78 is 1.79. The molecule has 112 valence electrons. The van der Waals surface area contributed by atoms with Crippen molar-refractivity contribution < 1.29 is 9.90 Å². The van der Waals surface area contributed by atoms with Crippen LogP contribution < -0.4 is 5.32 Å². The lowest BCUT2D eigenvalue weighted by Gasteiger charge is -2.28. The van der Waals surface area contributed by atoms with Crippen LogP contribution in [-0.2, 0) is 6.54 Å². The Kier molecular flexibility index (Phi) is 3.88. The van der Waals surface area contributed by atoms with Crippen molar-refractivity contribution in [1.82, 2.24) is 20.3 Å². The number of aryl methyl sites for hydroxylation is 1. The number of aromatic nitrogens is 3. The number of hydrogen-bond donors (Lipinski definition) is 2. The van der Waals surface area contributed by atoms with E-state index >= 15 is 0 Å². The van der Waals surface area contributed by atoms with Crippen molar-refractivity contribution in [1.29, 1.82) is 0 Å². The quantitative estimate of drug-likeness (QED) is 0.896. The van der Waals surface area contributed by atoms with Crippen LogP contribution in [0.1, 0.15) is 43.0 Å². The lowest BCUT2D eigenvalue weighted by molar-refractivity contribution is 0.0717. The molecular weight excluding hydrogens is 268 g/mol. The number of carbonyl (C=O) groups is 1. The molecule has 6 nitrogen and oxygen atoms in total. The van der Waals surface area contributed by atoms with E-state index in [0.717, 1.165) is 37.7 Å². The minimum atomic E-state index is -0.438. The van der Waals surface area contributed by atoms with Gasteiger partial charge in [-0.1, -0.05) is 18.1 Å². The average Bonchev–Trinajstić information content (AvgIpc) is 2.91. The number of rotatable bonds is 3. The van der Waals surface area contributed by atoms with Gasteiger partial charge in [-0.05, 0) is 38.0 Å². The molecule has 2 aromatic rings. The second-order valence-electron chi connectivity index (χ2n) is 5.54. The summed E-state index contributed by atoms with van der Waals surface area (Å²) >= 11 is 0. The van der Waals surface area contributed by atoms with Gasteiger partial charge >= 0.3 is 0 Å². The molecule has 1 aromatic heterocycles. The van der Waals surface area contributed by atoms with Crippen molar-refractivity contribution in [3.05, 3.63) is 23.8 Å². The number of nitrogens with zero attached hydrogens (tertiary/aromatic N) is 3. The van der Waals surface area contributed by atoms with Crippen LogP contribution in [0.5, 0.6) is 0 Å². The first kappa shape index (κ1) is 14.0. The van der Waals surface area contributed by atoms with E-state index in [1.54, 1.807) is 16.8 Å². The maximum Gasteiger partial charge on any atom is 0.251 e. The van der Waals surface area contributed by atoms with E-state index in [1.165, 1.54) is 0 Å². The average molecular weight is 288 g/mol. The van der Waals surface area contributed by atoms with Crippen molar-refractivity contribution in [2.75, 3.05) is 0 Å². The minimum absolute atomic E-state index is 0.145. The highest BCUT2D eigenvalue weighted by Crippen LogP contribution is 2.19. The van der Waals surface area contributed by atoms with E-state index in [2.05, 4.69) is 15.6 Å². The Balaban J connectivity index is 1.78. The summed E-state index contributed by atoms with van der Waals surface area (Å²) in [4.78, 5) is 12.3. The lowest BCUT2D eigenvalue weighted by Crippen LogP contribution is -2.45. The van der Waals surface area contributed by atoms with E-state index in [-0.39, 0.29) is 11.9 Å². The number of fused-ring (bicyclic) bond motifs is 1. The Labute approximate surface area is 123 Å². The van der Waals surface area contributed by atoms with Crippen LogP contribution in [0.3, 0.4) is 0 Å². The second-order valence-corrected chi connectivity index (χ2v) is 5.54. The van der Waals surface area contributed by atoms with Gasteiger partial charge < -0.3 is 10.4 Å². The number of aliphatic hydroxyl groups is 1. The van der Waals surface area contributed by atoms with Gasteiger partial charge in [-0.2, -0.15) is 0 Å². The predicted octanol–water partition coefficient (Wildman–Crippen LogP) is 1.48. The van der Waals surface area contributed by atoms with Gasteiger partial charge in [0.05, 0.1) is 17.7 Å². The van der Waals surface area contributed by atoms with Crippen molar-refractivity contribution in [3.8, 4) is 0 Å². The number of nitrogens with one attached hydrogen (secondary N) is 1. The summed E-state index contributed by atoms with van der Waals surface area (Å²) in [6.07, 6.45) is 3.23. The minimum Gasteiger partial charge on any atom is -0.391 e. The number of carbonyl (C=O) groups excluding carboxylic acids is 1. The maximum absolute atomic E-state index is 12.3. The molecule has 1 saturated carbocycles. The Bertz CT molecular complexity index is 652. The number of hydrogen-bond acceptors (Lipinski definition) is 4. The van der Waals surface area contributed by atoms with Crippen LogP contribution in [0.4, 0.5) is 0 Å². The lowest BCUT2D eigenvalue weighted by atomic mass is 9.92. The van der Waals surface area contributed by atoms with Crippen LogP contribution >= 0.6 is 0 Å². The molecule has 6 heteroatoms. The standard InChI is InChI=1S/C15H20N4O2/c1-2-19-13-8-7-10(9-12(13)17-18-19)15(21)16-11-5-3-4-6-14(11)20/h7-9,11,14,20H,2-6H2,1H3,(H,16,21)/t11-,14-/m0/s1. The monoisotopic (exact) mass is 288 g/mol. The molecule has 0 unspecified atom stereocenters. The van der Waals surface area contributed by atoms with Gasteiger partial charge in [0.1, 0.15) is 5.52 Å². The zero-order valence-electron chi connectivity index (χ0n) is 12.1. The fraction of sp³-hybridized carbons (Fsp3) is 0.533. The fourth-order valence-corrected chi connectivity index (χ4v) is 2.88. The van der Waals surface area contributed by atoms with Crippen molar-refractivity contribution in [2.24, 2.45) is 0 Å². The number of aliphatic hydroxyl groups excluding tert-OH is 1. The molecule has 0 radical (unpaired) electrons. The third-order valence-electron chi connectivity index (χ3n) is 4.12. The molecule has 1 heterocycles. The SMILES string of the molecule is CCn1nnc2cc(C(=O)N[C@H]3CCCC[C@@H]3O)ccc21. The predicted molar refractivity (Wildman–Crippen MR) is 78.9 cm³/mol. The van der Waals surface area contributed by atoms with E-state index in [0.29, 0.717) is 11.1 Å². The first-order chi connectivity index (χ1) is 10.2. The summed E-state index contributed by atoms with van der Waals surface area (Å²) in [5.41, 5.74) is 2.20. The zero-order valence-corrected chi connectivity index (χ0v) is 12.1. The Morgan fingerprint density at radius 3 is 3.00 bits per heavy atom. The van der Waals surface area contributed by atoms with E-state index in [1.807, 2.05) is 13.0 Å². The van der Waals surface area contributed by atoms with Crippen LogP contribution in [0, 0.1) is 0 Å². The largest absolute Gasteiger partial charge is 0.391 e. The van der Waals surface area contributed by atoms with Gasteiger partial charge in [-0.15, -0.1) is 5.10 Å². The molecule has 0 spiro atoms. The van der Waals surface area contributed by atoms with Crippen LogP contribution in [-0.4, -0.2) is 38.2 Å². The van der Waals surface area contributed by atoms with Crippen molar-refractivity contribution in [3.63, 3.8) is 0 Å². The summed E-state index contributed by atoms with van der Waals surface area (Å²) in [7, 11) is 0. The molecule has 1 aliphatic rings. The summed E-state index contributed by atoms with van der Waals surface area (Å²) in [5, 5.41) is 21.0. The first-order valence-electron chi connectivity index (χ1n) is 7.51. The van der Waals surface area contributed by atoms with Crippen molar-refractivity contribution >= 4 is 16.9 Å². The Morgan fingerprint density at radius 2 is 2.24 bits per heavy atom. The first-order valence-corrected chi connectivity index (χ1v) is 7.51. The number of amides is 1. The maximum atomic E-state index is 12.3. The highest BCUT2D eigenvalue weighted by atomic mass is 16.3. The Hall–Kier alpha value is -1.95. The van der Waals surface area contributed by atoms with Crippen LogP contribution in [0.15, 0.2) is 18.2 Å². The molecule has 1 aromatic carbocycles. The zero-order chi connectivity index (χ0) is 14.8. The molecule has 3 rings (SSSR count). The molecule has 2 atom stereocenters. The molecule has 1 fully saturated rings. The molecule has 0 aliphatic heterocycles. The molecule has 2 N–H and O–H groups in total. The van der Waals surface area contributed by atoms with Crippen LogP contribution in [0.2, 0.25) is 0 Å². The molecule has 0 saturated heterocycles. The summed E-state index contributed by atoms with van der Waals surface area (Å²) in [6.45, 7) is 2.75. The van der Waals surface area contributed by atoms with Gasteiger partial charge in [0.2, 0.25) is 0 Å². The molecule has 1 amide bonds. The van der Waals surface area contributed by atoms with E-state index in [4.69, 9.17) is 0 Å². The molecule has 0 bridgehead atoms. The normalized spacial score (nSPS) is 22.4. The van der Waals surface area contributed by atoms with Crippen LogP contribution in [0.25, 0.3) is 11.0 Å². The van der Waals surface area contributed by atoms with Gasteiger partial charge in [-0.3, -0.25) is 4.79 Å². The summed E-state index contributed by atoms with van der Waals surface area (Å²) in [6, 6.07) is 5.25. The van der Waals surface area contributed by atoms with E-state index in [9.17, 15) is 9.90 Å². The third-order valence-corrected chi connectivity index (χ3v) is 4.12. The fourth-order valence-electron chi connectivity index (χ4n) is 2.88. The summed E-state index contributed by atoms with van der Waals surface area (Å²) in [5.74, 6) is -0.158. The highest BCUT2D eigenvalue weighted by molar-refractivity contribution is 5.97. The highest BCUT2D eigenvalue weighted by Gasteiger charge is 2.25.